The molecule has 0 unspecified atom stereocenters. The predicted molar refractivity (Wildman–Crippen MR) is 99.0 cm³/mol. The van der Waals surface area contributed by atoms with Crippen LogP contribution in [0, 0.1) is 6.92 Å². The summed E-state index contributed by atoms with van der Waals surface area (Å²) in [7, 11) is 0. The summed E-state index contributed by atoms with van der Waals surface area (Å²) in [5.41, 5.74) is 2.37. The van der Waals surface area contributed by atoms with E-state index in [2.05, 4.69) is 15.9 Å². The van der Waals surface area contributed by atoms with Crippen LogP contribution in [0.5, 0.6) is 0 Å². The van der Waals surface area contributed by atoms with E-state index in [-0.39, 0.29) is 11.8 Å². The lowest BCUT2D eigenvalue weighted by atomic mass is 9.93. The Morgan fingerprint density at radius 2 is 1.67 bits per heavy atom. The molecule has 0 bridgehead atoms. The number of carbonyl (C=O) groups excluding carboxylic acids is 2. The van der Waals surface area contributed by atoms with Gasteiger partial charge in [-0.25, -0.2) is 4.90 Å². The molecule has 0 fully saturated rings. The van der Waals surface area contributed by atoms with Gasteiger partial charge in [-0.1, -0.05) is 45.7 Å². The minimum absolute atomic E-state index is 0.359. The molecule has 0 saturated heterocycles. The third kappa shape index (κ3) is 2.10. The van der Waals surface area contributed by atoms with Gasteiger partial charge in [-0.3, -0.25) is 9.59 Å². The van der Waals surface area contributed by atoms with Gasteiger partial charge in [-0.2, -0.15) is 0 Å². The van der Waals surface area contributed by atoms with E-state index in [0.29, 0.717) is 27.2 Å². The highest BCUT2D eigenvalue weighted by Gasteiger charge is 2.35. The van der Waals surface area contributed by atoms with Gasteiger partial charge in [-0.05, 0) is 48.2 Å². The first-order valence-corrected chi connectivity index (χ1v) is 8.52. The lowest BCUT2D eigenvalue weighted by Gasteiger charge is -2.28. The van der Waals surface area contributed by atoms with Gasteiger partial charge in [0.2, 0.25) is 0 Å². The molecule has 1 heterocycles. The van der Waals surface area contributed by atoms with Crippen molar-refractivity contribution in [2.75, 3.05) is 4.90 Å². The highest BCUT2D eigenvalue weighted by Crippen LogP contribution is 2.38. The van der Waals surface area contributed by atoms with E-state index in [0.717, 1.165) is 20.3 Å². The van der Waals surface area contributed by atoms with E-state index in [1.54, 1.807) is 24.3 Å². The molecule has 5 heteroatoms. The predicted octanol–water partition coefficient (Wildman–Crippen LogP) is 5.36. The average molecular weight is 401 g/mol. The Labute approximate surface area is 152 Å². The van der Waals surface area contributed by atoms with E-state index in [1.165, 1.54) is 0 Å². The number of aryl methyl sites for hydroxylation is 1. The van der Waals surface area contributed by atoms with Crippen molar-refractivity contribution in [3.8, 4) is 0 Å². The minimum atomic E-state index is -0.359. The zero-order valence-electron chi connectivity index (χ0n) is 12.6. The fraction of sp³-hybridized carbons (Fsp3) is 0.0526. The van der Waals surface area contributed by atoms with Crippen LogP contribution in [0.1, 0.15) is 26.3 Å². The summed E-state index contributed by atoms with van der Waals surface area (Å²) < 4.78 is 0.852. The molecule has 2 amide bonds. The zero-order chi connectivity index (χ0) is 17.0. The zero-order valence-corrected chi connectivity index (χ0v) is 15.0. The third-order valence-corrected chi connectivity index (χ3v) is 5.19. The summed E-state index contributed by atoms with van der Waals surface area (Å²) in [6.07, 6.45) is 0. The summed E-state index contributed by atoms with van der Waals surface area (Å²) in [4.78, 5) is 27.1. The van der Waals surface area contributed by atoms with Gasteiger partial charge in [0.1, 0.15) is 0 Å². The molecule has 3 aromatic rings. The number of hydrogen-bond donors (Lipinski definition) is 0. The number of amides is 2. The highest BCUT2D eigenvalue weighted by molar-refractivity contribution is 9.10. The summed E-state index contributed by atoms with van der Waals surface area (Å²) in [6.45, 7) is 1.91. The molecule has 0 aromatic heterocycles. The molecular formula is C19H11BrClNO2. The second kappa shape index (κ2) is 5.43. The number of rotatable bonds is 1. The van der Waals surface area contributed by atoms with Gasteiger partial charge < -0.3 is 0 Å². The molecule has 0 radical (unpaired) electrons. The summed E-state index contributed by atoms with van der Waals surface area (Å²) in [5, 5.41) is 1.91. The molecule has 4 rings (SSSR count). The minimum Gasteiger partial charge on any atom is -0.268 e. The maximum Gasteiger partial charge on any atom is 0.266 e. The molecule has 3 nitrogen and oxygen atoms in total. The van der Waals surface area contributed by atoms with Gasteiger partial charge in [0.25, 0.3) is 11.8 Å². The standard InChI is InChI=1S/C19H11BrClNO2/c1-10-5-8-16(15(21)9-10)22-18(23)12-4-2-3-11-14(20)7-6-13(17(11)12)19(22)24/h2-9H,1H3. The Balaban J connectivity index is 2.01. The highest BCUT2D eigenvalue weighted by atomic mass is 79.9. The van der Waals surface area contributed by atoms with Crippen LogP contribution in [-0.2, 0) is 0 Å². The normalized spacial score (nSPS) is 13.7. The second-order valence-corrected chi connectivity index (χ2v) is 6.99. The summed E-state index contributed by atoms with van der Waals surface area (Å²) >= 11 is 9.78. The van der Waals surface area contributed by atoms with Crippen molar-refractivity contribution in [2.24, 2.45) is 0 Å². The maximum atomic E-state index is 13.0. The van der Waals surface area contributed by atoms with Gasteiger partial charge in [-0.15, -0.1) is 0 Å². The van der Waals surface area contributed by atoms with Crippen molar-refractivity contribution < 1.29 is 9.59 Å². The van der Waals surface area contributed by atoms with Crippen LogP contribution < -0.4 is 4.90 Å². The molecule has 0 saturated carbocycles. The van der Waals surface area contributed by atoms with E-state index in [1.807, 2.05) is 31.2 Å². The Bertz CT molecular complexity index is 1020. The number of anilines is 1. The van der Waals surface area contributed by atoms with Crippen LogP contribution in [0.25, 0.3) is 10.8 Å². The summed E-state index contributed by atoms with van der Waals surface area (Å²) in [6, 6.07) is 14.3. The van der Waals surface area contributed by atoms with Crippen LogP contribution in [0.2, 0.25) is 5.02 Å². The number of carbonyl (C=O) groups is 2. The molecular weight excluding hydrogens is 390 g/mol. The fourth-order valence-corrected chi connectivity index (χ4v) is 3.85. The molecule has 24 heavy (non-hydrogen) atoms. The van der Waals surface area contributed by atoms with Crippen LogP contribution in [0.3, 0.4) is 0 Å². The third-order valence-electron chi connectivity index (χ3n) is 4.20. The van der Waals surface area contributed by atoms with Gasteiger partial charge >= 0.3 is 0 Å². The van der Waals surface area contributed by atoms with E-state index in [4.69, 9.17) is 11.6 Å². The molecule has 3 aromatic carbocycles. The van der Waals surface area contributed by atoms with Crippen molar-refractivity contribution in [3.05, 3.63) is 74.7 Å². The van der Waals surface area contributed by atoms with Crippen molar-refractivity contribution >= 4 is 55.8 Å². The van der Waals surface area contributed by atoms with Crippen LogP contribution in [0.4, 0.5) is 5.69 Å². The largest absolute Gasteiger partial charge is 0.268 e. The Morgan fingerprint density at radius 1 is 0.958 bits per heavy atom. The topological polar surface area (TPSA) is 37.4 Å². The summed E-state index contributed by atoms with van der Waals surface area (Å²) in [5.74, 6) is -0.719. The van der Waals surface area contributed by atoms with E-state index >= 15 is 0 Å². The molecule has 118 valence electrons. The quantitative estimate of drug-likeness (QED) is 0.515. The number of nitrogens with zero attached hydrogens (tertiary/aromatic N) is 1. The molecule has 0 N–H and O–H groups in total. The van der Waals surface area contributed by atoms with Crippen molar-refractivity contribution in [3.63, 3.8) is 0 Å². The monoisotopic (exact) mass is 399 g/mol. The van der Waals surface area contributed by atoms with Gasteiger partial charge in [0.15, 0.2) is 0 Å². The van der Waals surface area contributed by atoms with Gasteiger partial charge in [0.05, 0.1) is 10.7 Å². The first-order valence-electron chi connectivity index (χ1n) is 7.35. The number of halogens is 2. The van der Waals surface area contributed by atoms with Crippen molar-refractivity contribution in [2.45, 2.75) is 6.92 Å². The van der Waals surface area contributed by atoms with Crippen LogP contribution in [0.15, 0.2) is 53.0 Å². The second-order valence-electron chi connectivity index (χ2n) is 5.72. The Hall–Kier alpha value is -2.17. The lowest BCUT2D eigenvalue weighted by Crippen LogP contribution is -2.40. The molecule has 1 aliphatic rings. The van der Waals surface area contributed by atoms with E-state index < -0.39 is 0 Å². The lowest BCUT2D eigenvalue weighted by molar-refractivity contribution is 0.0893. The fourth-order valence-electron chi connectivity index (χ4n) is 3.07. The first kappa shape index (κ1) is 15.4. The smallest absolute Gasteiger partial charge is 0.266 e. The first-order chi connectivity index (χ1) is 11.5. The van der Waals surface area contributed by atoms with Crippen LogP contribution >= 0.6 is 27.5 Å². The van der Waals surface area contributed by atoms with Crippen LogP contribution in [-0.4, -0.2) is 11.8 Å². The average Bonchev–Trinajstić information content (AvgIpc) is 2.56. The SMILES string of the molecule is Cc1ccc(N2C(=O)c3cccc4c(Br)ccc(c34)C2=O)c(Cl)c1. The molecule has 0 atom stereocenters. The Morgan fingerprint density at radius 3 is 2.38 bits per heavy atom. The van der Waals surface area contributed by atoms with Crippen molar-refractivity contribution in [1.82, 2.24) is 0 Å². The van der Waals surface area contributed by atoms with Gasteiger partial charge in [0, 0.05) is 21.0 Å². The Kier molecular flexibility index (Phi) is 3.48. The maximum absolute atomic E-state index is 13.0. The molecule has 0 spiro atoms. The molecule has 1 aliphatic heterocycles. The molecule has 0 aliphatic carbocycles. The van der Waals surface area contributed by atoms with Crippen molar-refractivity contribution in [1.29, 1.82) is 0 Å². The number of hydrogen-bond acceptors (Lipinski definition) is 2. The number of benzene rings is 3. The van der Waals surface area contributed by atoms with E-state index in [9.17, 15) is 9.59 Å². The number of imide groups is 1.